The summed E-state index contributed by atoms with van der Waals surface area (Å²) in [5.41, 5.74) is 5.41. The van der Waals surface area contributed by atoms with Gasteiger partial charge in [0.2, 0.25) is 0 Å². The molecule has 0 aromatic heterocycles. The van der Waals surface area contributed by atoms with Gasteiger partial charge < -0.3 is 15.5 Å². The van der Waals surface area contributed by atoms with Crippen LogP contribution in [-0.2, 0) is 12.8 Å². The molecule has 0 saturated heterocycles. The normalized spacial score (nSPS) is 19.7. The van der Waals surface area contributed by atoms with Crippen LogP contribution < -0.4 is 5.32 Å². The first kappa shape index (κ1) is 10.9. The van der Waals surface area contributed by atoms with Gasteiger partial charge in [0.1, 0.15) is 0 Å². The molecule has 1 aliphatic heterocycles. The Hall–Kier alpha value is -2.00. The maximum absolute atomic E-state index is 10.3. The Morgan fingerprint density at radius 1 is 1.11 bits per heavy atom. The molecule has 3 N–H and O–H groups in total. The average Bonchev–Trinajstić information content (AvgIpc) is 2.43. The third-order valence-corrected chi connectivity index (χ3v) is 4.25. The minimum Gasteiger partial charge on any atom is -0.504 e. The van der Waals surface area contributed by atoms with Gasteiger partial charge in [-0.2, -0.15) is 0 Å². The van der Waals surface area contributed by atoms with Crippen LogP contribution in [0.2, 0.25) is 0 Å². The van der Waals surface area contributed by atoms with Crippen molar-refractivity contribution in [1.82, 2.24) is 5.32 Å². The van der Waals surface area contributed by atoms with Crippen molar-refractivity contribution in [1.29, 1.82) is 0 Å². The van der Waals surface area contributed by atoms with E-state index in [2.05, 4.69) is 11.4 Å². The van der Waals surface area contributed by atoms with E-state index in [1.54, 1.807) is 6.07 Å². The number of aromatic hydroxyl groups is 2. The van der Waals surface area contributed by atoms with Crippen molar-refractivity contribution in [3.8, 4) is 22.6 Å². The lowest BCUT2D eigenvalue weighted by molar-refractivity contribution is 0.399. The lowest BCUT2D eigenvalue weighted by atomic mass is 9.77. The van der Waals surface area contributed by atoms with E-state index in [4.69, 9.17) is 0 Å². The van der Waals surface area contributed by atoms with Crippen LogP contribution in [0.15, 0.2) is 30.3 Å². The summed E-state index contributed by atoms with van der Waals surface area (Å²) in [5.74, 6) is 0.00528. The molecule has 3 heteroatoms. The minimum atomic E-state index is -0.00824. The first-order valence-corrected chi connectivity index (χ1v) is 6.65. The van der Waals surface area contributed by atoms with Crippen LogP contribution in [-0.4, -0.2) is 16.8 Å². The Balaban J connectivity index is 2.11. The Morgan fingerprint density at radius 2 is 1.95 bits per heavy atom. The van der Waals surface area contributed by atoms with Gasteiger partial charge in [0, 0.05) is 11.6 Å². The van der Waals surface area contributed by atoms with Crippen molar-refractivity contribution in [3.63, 3.8) is 0 Å². The fourth-order valence-corrected chi connectivity index (χ4v) is 3.42. The molecule has 0 bridgehead atoms. The van der Waals surface area contributed by atoms with Crippen molar-refractivity contribution >= 4 is 0 Å². The molecule has 0 fully saturated rings. The molecule has 1 aliphatic carbocycles. The van der Waals surface area contributed by atoms with E-state index in [9.17, 15) is 10.2 Å². The van der Waals surface area contributed by atoms with Gasteiger partial charge in [0.25, 0.3) is 0 Å². The minimum absolute atomic E-state index is 0.00824. The highest BCUT2D eigenvalue weighted by Gasteiger charge is 2.32. The molecule has 0 saturated carbocycles. The molecule has 1 atom stereocenters. The summed E-state index contributed by atoms with van der Waals surface area (Å²) in [6.45, 7) is 0.920. The summed E-state index contributed by atoms with van der Waals surface area (Å²) in [6.07, 6.45) is 1.84. The molecule has 0 spiro atoms. The van der Waals surface area contributed by atoms with Crippen LogP contribution in [0.3, 0.4) is 0 Å². The summed E-state index contributed by atoms with van der Waals surface area (Å²) >= 11 is 0. The van der Waals surface area contributed by atoms with Crippen molar-refractivity contribution in [3.05, 3.63) is 47.0 Å². The van der Waals surface area contributed by atoms with Gasteiger partial charge in [-0.05, 0) is 47.7 Å². The van der Waals surface area contributed by atoms with Gasteiger partial charge in [-0.3, -0.25) is 0 Å². The highest BCUT2D eigenvalue weighted by molar-refractivity contribution is 5.82. The maximum atomic E-state index is 10.3. The summed E-state index contributed by atoms with van der Waals surface area (Å²) in [5, 5.41) is 23.7. The predicted octanol–water partition coefficient (Wildman–Crippen LogP) is 2.51. The van der Waals surface area contributed by atoms with Crippen LogP contribution in [0.25, 0.3) is 11.1 Å². The number of phenolic OH excluding ortho intramolecular Hbond substituents is 2. The van der Waals surface area contributed by atoms with E-state index < -0.39 is 0 Å². The quantitative estimate of drug-likeness (QED) is 0.632. The number of nitrogens with one attached hydrogen (secondary N) is 1. The molecule has 2 aromatic rings. The van der Waals surface area contributed by atoms with E-state index in [0.29, 0.717) is 0 Å². The Bertz CT molecular complexity index is 679. The van der Waals surface area contributed by atoms with Gasteiger partial charge in [-0.25, -0.2) is 0 Å². The second-order valence-electron chi connectivity index (χ2n) is 5.31. The topological polar surface area (TPSA) is 52.5 Å². The standard InChI is InChI=1S/C16H15NO2/c18-13-8-10-5-6-17-12-7-9-3-1-2-4-11(9)15(14(10)12)16(13)19/h1-4,8,12,17-19H,5-7H2. The Morgan fingerprint density at radius 3 is 2.84 bits per heavy atom. The van der Waals surface area contributed by atoms with Gasteiger partial charge in [-0.1, -0.05) is 24.3 Å². The molecule has 3 nitrogen and oxygen atoms in total. The van der Waals surface area contributed by atoms with Crippen LogP contribution in [0.1, 0.15) is 22.7 Å². The smallest absolute Gasteiger partial charge is 0.165 e. The average molecular weight is 253 g/mol. The Labute approximate surface area is 111 Å². The molecule has 2 aliphatic rings. The van der Waals surface area contributed by atoms with Gasteiger partial charge >= 0.3 is 0 Å². The molecule has 2 aromatic carbocycles. The molecule has 1 heterocycles. The Kier molecular flexibility index (Phi) is 2.15. The van der Waals surface area contributed by atoms with Crippen LogP contribution >= 0.6 is 0 Å². The van der Waals surface area contributed by atoms with E-state index >= 15 is 0 Å². The molecule has 19 heavy (non-hydrogen) atoms. The lowest BCUT2D eigenvalue weighted by Crippen LogP contribution is -2.33. The molecule has 4 rings (SSSR count). The molecule has 96 valence electrons. The molecule has 0 amide bonds. The van der Waals surface area contributed by atoms with Crippen molar-refractivity contribution in [2.45, 2.75) is 18.9 Å². The predicted molar refractivity (Wildman–Crippen MR) is 73.4 cm³/mol. The van der Waals surface area contributed by atoms with E-state index in [1.807, 2.05) is 18.2 Å². The highest BCUT2D eigenvalue weighted by atomic mass is 16.3. The monoisotopic (exact) mass is 253 g/mol. The van der Waals surface area contributed by atoms with Gasteiger partial charge in [0.15, 0.2) is 11.5 Å². The number of benzene rings is 2. The molecule has 0 radical (unpaired) electrons. The zero-order valence-corrected chi connectivity index (χ0v) is 10.5. The summed E-state index contributed by atoms with van der Waals surface area (Å²) < 4.78 is 0. The van der Waals surface area contributed by atoms with Gasteiger partial charge in [-0.15, -0.1) is 0 Å². The SMILES string of the molecule is Oc1cc2c3c(c1O)-c1ccccc1CC3NCC2. The van der Waals surface area contributed by atoms with Gasteiger partial charge in [0.05, 0.1) is 0 Å². The van der Waals surface area contributed by atoms with E-state index in [1.165, 1.54) is 11.1 Å². The number of hydrogen-bond donors (Lipinski definition) is 3. The number of rotatable bonds is 0. The third-order valence-electron chi connectivity index (χ3n) is 4.25. The van der Waals surface area contributed by atoms with Crippen LogP contribution in [0.5, 0.6) is 11.5 Å². The van der Waals surface area contributed by atoms with E-state index in [-0.39, 0.29) is 17.5 Å². The highest BCUT2D eigenvalue weighted by Crippen LogP contribution is 2.49. The fraction of sp³-hybridized carbons (Fsp3) is 0.250. The molecule has 1 unspecified atom stereocenters. The summed E-state index contributed by atoms with van der Waals surface area (Å²) in [7, 11) is 0. The van der Waals surface area contributed by atoms with Crippen LogP contribution in [0, 0.1) is 0 Å². The number of phenols is 2. The van der Waals surface area contributed by atoms with Crippen molar-refractivity contribution in [2.24, 2.45) is 0 Å². The maximum Gasteiger partial charge on any atom is 0.165 e. The fourth-order valence-electron chi connectivity index (χ4n) is 3.42. The van der Waals surface area contributed by atoms with Crippen molar-refractivity contribution in [2.75, 3.05) is 6.54 Å². The summed E-state index contributed by atoms with van der Waals surface area (Å²) in [6, 6.07) is 10.1. The third kappa shape index (κ3) is 1.42. The molecular formula is C16H15NO2. The number of hydrogen-bond acceptors (Lipinski definition) is 3. The largest absolute Gasteiger partial charge is 0.504 e. The zero-order chi connectivity index (χ0) is 13.0. The summed E-state index contributed by atoms with van der Waals surface area (Å²) in [4.78, 5) is 0. The van der Waals surface area contributed by atoms with Crippen molar-refractivity contribution < 1.29 is 10.2 Å². The lowest BCUT2D eigenvalue weighted by Gasteiger charge is -2.34. The first-order valence-electron chi connectivity index (χ1n) is 6.65. The second kappa shape index (κ2) is 3.75. The van der Waals surface area contributed by atoms with Crippen LogP contribution in [0.4, 0.5) is 0 Å². The first-order chi connectivity index (χ1) is 9.25. The zero-order valence-electron chi connectivity index (χ0n) is 10.5. The molecular weight excluding hydrogens is 238 g/mol. The number of fused-ring (bicyclic) bond motifs is 2. The van der Waals surface area contributed by atoms with E-state index in [0.717, 1.165) is 36.1 Å². The second-order valence-corrected chi connectivity index (χ2v) is 5.31.